The van der Waals surface area contributed by atoms with Gasteiger partial charge in [-0.05, 0) is 49.9 Å². The maximum Gasteiger partial charge on any atom is 0.0595 e. The summed E-state index contributed by atoms with van der Waals surface area (Å²) in [5.74, 6) is 0.615. The third-order valence-corrected chi connectivity index (χ3v) is 4.49. The molecule has 1 aliphatic rings. The van der Waals surface area contributed by atoms with E-state index < -0.39 is 0 Å². The molecule has 0 amide bonds. The monoisotopic (exact) mass is 271 g/mol. The molecule has 1 N–H and O–H groups in total. The van der Waals surface area contributed by atoms with Crippen LogP contribution in [0.2, 0.25) is 10.0 Å². The van der Waals surface area contributed by atoms with Crippen LogP contribution in [0.3, 0.4) is 0 Å². The van der Waals surface area contributed by atoms with Crippen LogP contribution in [0, 0.1) is 0 Å². The van der Waals surface area contributed by atoms with Gasteiger partial charge in [0.05, 0.1) is 10.0 Å². The molecule has 0 aliphatic heterocycles. The molecule has 1 nitrogen and oxygen atoms in total. The second-order valence-corrected chi connectivity index (χ2v) is 5.69. The van der Waals surface area contributed by atoms with E-state index in [0.29, 0.717) is 22.0 Å². The van der Waals surface area contributed by atoms with Crippen molar-refractivity contribution >= 4 is 23.2 Å². The minimum Gasteiger partial charge on any atom is -0.317 e. The number of hydrogen-bond acceptors (Lipinski definition) is 1. The molecule has 0 spiro atoms. The predicted octanol–water partition coefficient (Wildman–Crippen LogP) is 4.63. The van der Waals surface area contributed by atoms with Gasteiger partial charge in [-0.15, -0.1) is 0 Å². The zero-order valence-corrected chi connectivity index (χ0v) is 11.7. The molecule has 94 valence electrons. The molecule has 1 saturated carbocycles. The molecule has 1 aromatic carbocycles. The fraction of sp³-hybridized carbons (Fsp3) is 0.571. The fourth-order valence-corrected chi connectivity index (χ4v) is 3.00. The van der Waals surface area contributed by atoms with Gasteiger partial charge in [-0.3, -0.25) is 0 Å². The average molecular weight is 272 g/mol. The Labute approximate surface area is 114 Å². The van der Waals surface area contributed by atoms with Gasteiger partial charge in [0.25, 0.3) is 0 Å². The number of rotatable bonds is 2. The molecule has 2 unspecified atom stereocenters. The number of nitrogens with one attached hydrogen (secondary N) is 1. The first-order chi connectivity index (χ1) is 8.20. The van der Waals surface area contributed by atoms with Gasteiger partial charge in [-0.2, -0.15) is 0 Å². The quantitative estimate of drug-likeness (QED) is 0.774. The van der Waals surface area contributed by atoms with Gasteiger partial charge >= 0.3 is 0 Å². The van der Waals surface area contributed by atoms with E-state index in [0.717, 1.165) is 0 Å². The van der Waals surface area contributed by atoms with Crippen molar-refractivity contribution in [2.24, 2.45) is 0 Å². The Morgan fingerprint density at radius 1 is 1.12 bits per heavy atom. The highest BCUT2D eigenvalue weighted by Gasteiger charge is 2.20. The summed E-state index contributed by atoms with van der Waals surface area (Å²) in [6.07, 6.45) is 6.38. The molecule has 1 aromatic rings. The molecule has 1 aliphatic carbocycles. The lowest BCUT2D eigenvalue weighted by Gasteiger charge is -2.20. The predicted molar refractivity (Wildman–Crippen MR) is 75.1 cm³/mol. The van der Waals surface area contributed by atoms with Crippen LogP contribution in [-0.2, 0) is 0 Å². The van der Waals surface area contributed by atoms with Crippen molar-refractivity contribution in [2.75, 3.05) is 7.05 Å². The third-order valence-electron chi connectivity index (χ3n) is 3.75. The Kier molecular flexibility index (Phi) is 4.72. The van der Waals surface area contributed by atoms with Crippen LogP contribution >= 0.6 is 23.2 Å². The maximum atomic E-state index is 6.10. The van der Waals surface area contributed by atoms with Crippen LogP contribution in [0.5, 0.6) is 0 Å². The van der Waals surface area contributed by atoms with Gasteiger partial charge in [-0.25, -0.2) is 0 Å². The average Bonchev–Trinajstić information content (AvgIpc) is 2.58. The number of halogens is 2. The van der Waals surface area contributed by atoms with E-state index in [1.807, 2.05) is 12.1 Å². The van der Waals surface area contributed by atoms with Gasteiger partial charge in [0.2, 0.25) is 0 Å². The van der Waals surface area contributed by atoms with Gasteiger partial charge in [0, 0.05) is 6.04 Å². The Morgan fingerprint density at radius 2 is 1.88 bits per heavy atom. The summed E-state index contributed by atoms with van der Waals surface area (Å²) >= 11 is 12.1. The molecule has 1 fully saturated rings. The van der Waals surface area contributed by atoms with Crippen molar-refractivity contribution in [3.63, 3.8) is 0 Å². The van der Waals surface area contributed by atoms with Gasteiger partial charge in [0.15, 0.2) is 0 Å². The lowest BCUT2D eigenvalue weighted by molar-refractivity contribution is 0.471. The van der Waals surface area contributed by atoms with Crippen molar-refractivity contribution in [3.8, 4) is 0 Å². The van der Waals surface area contributed by atoms with Crippen molar-refractivity contribution in [1.29, 1.82) is 0 Å². The second kappa shape index (κ2) is 6.08. The molecule has 0 bridgehead atoms. The first-order valence-electron chi connectivity index (χ1n) is 6.33. The topological polar surface area (TPSA) is 12.0 Å². The maximum absolute atomic E-state index is 6.10. The lowest BCUT2D eigenvalue weighted by atomic mass is 9.90. The van der Waals surface area contributed by atoms with E-state index in [-0.39, 0.29) is 0 Å². The van der Waals surface area contributed by atoms with Gasteiger partial charge in [-0.1, -0.05) is 42.1 Å². The highest BCUT2D eigenvalue weighted by Crippen LogP contribution is 2.34. The van der Waals surface area contributed by atoms with Crippen LogP contribution in [0.15, 0.2) is 18.2 Å². The highest BCUT2D eigenvalue weighted by atomic mass is 35.5. The summed E-state index contributed by atoms with van der Waals surface area (Å²) in [5.41, 5.74) is 1.33. The highest BCUT2D eigenvalue weighted by molar-refractivity contribution is 6.42. The Bertz CT molecular complexity index is 378. The Hall–Kier alpha value is -0.240. The number of benzene rings is 1. The first-order valence-corrected chi connectivity index (χ1v) is 7.08. The summed E-state index contributed by atoms with van der Waals surface area (Å²) in [6, 6.07) is 6.71. The minimum absolute atomic E-state index is 0.615. The summed E-state index contributed by atoms with van der Waals surface area (Å²) in [4.78, 5) is 0. The summed E-state index contributed by atoms with van der Waals surface area (Å²) in [5, 5.41) is 4.73. The molecule has 2 atom stereocenters. The molecule has 17 heavy (non-hydrogen) atoms. The summed E-state index contributed by atoms with van der Waals surface area (Å²) in [7, 11) is 2.06. The minimum atomic E-state index is 0.615. The normalized spacial score (nSPS) is 25.6. The van der Waals surface area contributed by atoms with Crippen molar-refractivity contribution in [2.45, 2.75) is 44.1 Å². The smallest absolute Gasteiger partial charge is 0.0595 e. The van der Waals surface area contributed by atoms with Crippen molar-refractivity contribution in [3.05, 3.63) is 33.8 Å². The summed E-state index contributed by atoms with van der Waals surface area (Å²) < 4.78 is 0. The Balaban J connectivity index is 2.16. The largest absolute Gasteiger partial charge is 0.317 e. The molecular formula is C14H19Cl2N. The molecule has 0 heterocycles. The SMILES string of the molecule is CNC1CCCCC(c2ccc(Cl)c(Cl)c2)C1. The second-order valence-electron chi connectivity index (χ2n) is 4.88. The molecule has 0 radical (unpaired) electrons. The fourth-order valence-electron chi connectivity index (χ4n) is 2.69. The van der Waals surface area contributed by atoms with Gasteiger partial charge in [0.1, 0.15) is 0 Å². The van der Waals surface area contributed by atoms with E-state index in [9.17, 15) is 0 Å². The van der Waals surface area contributed by atoms with E-state index in [1.165, 1.54) is 37.7 Å². The third kappa shape index (κ3) is 3.37. The van der Waals surface area contributed by atoms with E-state index in [2.05, 4.69) is 18.4 Å². The van der Waals surface area contributed by atoms with E-state index in [1.54, 1.807) is 0 Å². The van der Waals surface area contributed by atoms with E-state index >= 15 is 0 Å². The van der Waals surface area contributed by atoms with Crippen molar-refractivity contribution < 1.29 is 0 Å². The zero-order chi connectivity index (χ0) is 12.3. The van der Waals surface area contributed by atoms with Crippen LogP contribution in [0.25, 0.3) is 0 Å². The first kappa shape index (κ1) is 13.2. The standard InChI is InChI=1S/C14H19Cl2N/c1-17-12-5-3-2-4-10(8-12)11-6-7-13(15)14(16)9-11/h6-7,9-10,12,17H,2-5,8H2,1H3. The van der Waals surface area contributed by atoms with Gasteiger partial charge < -0.3 is 5.32 Å². The number of hydrogen-bond donors (Lipinski definition) is 1. The van der Waals surface area contributed by atoms with E-state index in [4.69, 9.17) is 23.2 Å². The van der Waals surface area contributed by atoms with Crippen LogP contribution in [0.4, 0.5) is 0 Å². The summed E-state index contributed by atoms with van der Waals surface area (Å²) in [6.45, 7) is 0. The van der Waals surface area contributed by atoms with Crippen LogP contribution in [-0.4, -0.2) is 13.1 Å². The lowest BCUT2D eigenvalue weighted by Crippen LogP contribution is -2.25. The molecular weight excluding hydrogens is 253 g/mol. The molecule has 0 aromatic heterocycles. The molecule has 2 rings (SSSR count). The van der Waals surface area contributed by atoms with Crippen molar-refractivity contribution in [1.82, 2.24) is 5.32 Å². The molecule has 0 saturated heterocycles. The van der Waals surface area contributed by atoms with Crippen LogP contribution in [0.1, 0.15) is 43.6 Å². The molecule has 3 heteroatoms. The van der Waals surface area contributed by atoms with Crippen LogP contribution < -0.4 is 5.32 Å². The zero-order valence-electron chi connectivity index (χ0n) is 10.2. The Morgan fingerprint density at radius 3 is 2.59 bits per heavy atom.